The second-order valence-electron chi connectivity index (χ2n) is 26.6. The summed E-state index contributed by atoms with van der Waals surface area (Å²) in [5, 5.41) is 0. The molecule has 13 rings (SSSR count). The normalized spacial score (nSPS) is 11.7. The number of nitrogens with zero attached hydrogens (tertiary/aromatic N) is 3. The smallest absolute Gasteiger partial charge is 0.305 e. The summed E-state index contributed by atoms with van der Waals surface area (Å²) in [6.45, 7) is 20.2. The number of aromatic nitrogens is 3. The van der Waals surface area contributed by atoms with Crippen molar-refractivity contribution in [1.82, 2.24) is 15.0 Å². The predicted molar refractivity (Wildman–Crippen MR) is 378 cm³/mol. The molecule has 0 aliphatic carbocycles. The minimum atomic E-state index is -0.0402. The average molecular weight is 1350 g/mol. The third-order valence-corrected chi connectivity index (χ3v) is 17.3. The topological polar surface area (TPSA) is 38.7 Å². The quantitative estimate of drug-likeness (QED) is 0.114. The summed E-state index contributed by atoms with van der Waals surface area (Å²) in [7, 11) is 0. The summed E-state index contributed by atoms with van der Waals surface area (Å²) in [5.74, 6) is 0. The zero-order chi connectivity index (χ0) is 62.2. The van der Waals surface area contributed by atoms with Gasteiger partial charge in [-0.3, -0.25) is 0 Å². The van der Waals surface area contributed by atoms with Crippen molar-refractivity contribution in [3.05, 3.63) is 308 Å². The summed E-state index contributed by atoms with van der Waals surface area (Å²) in [6.07, 6.45) is 5.78. The van der Waals surface area contributed by atoms with E-state index in [2.05, 4.69) is 335 Å². The largest absolute Gasteiger partial charge is 3.00 e. The molecule has 13 aromatic rings. The van der Waals surface area contributed by atoms with Crippen molar-refractivity contribution in [3.63, 3.8) is 0 Å². The van der Waals surface area contributed by atoms with Gasteiger partial charge in [0.05, 0.1) is 0 Å². The number of rotatable bonds is 12. The van der Waals surface area contributed by atoms with Gasteiger partial charge >= 0.3 is 20.1 Å². The number of hydrogen-bond acceptors (Lipinski definition) is 3. The fourth-order valence-corrected chi connectivity index (χ4v) is 12.3. The van der Waals surface area contributed by atoms with Gasteiger partial charge in [-0.05, 0) is 136 Å². The van der Waals surface area contributed by atoms with Gasteiger partial charge in [-0.25, -0.2) is 0 Å². The van der Waals surface area contributed by atoms with Crippen molar-refractivity contribution in [2.24, 2.45) is 0 Å². The van der Waals surface area contributed by atoms with Gasteiger partial charge in [0.15, 0.2) is 0 Å². The Labute approximate surface area is 552 Å². The summed E-state index contributed by atoms with van der Waals surface area (Å²) >= 11 is 0. The van der Waals surface area contributed by atoms with E-state index in [4.69, 9.17) is 15.0 Å². The van der Waals surface area contributed by atoms with E-state index in [9.17, 15) is 0 Å². The number of pyridine rings is 3. The minimum absolute atomic E-state index is 0. The summed E-state index contributed by atoms with van der Waals surface area (Å²) in [5.41, 5.74) is 28.8. The first-order valence-electron chi connectivity index (χ1n) is 31.2. The molecular weight excluding hydrogens is 1280 g/mol. The van der Waals surface area contributed by atoms with Gasteiger partial charge in [-0.2, -0.15) is 0 Å². The van der Waals surface area contributed by atoms with Crippen LogP contribution in [0.5, 0.6) is 0 Å². The van der Waals surface area contributed by atoms with E-state index in [-0.39, 0.29) is 36.4 Å². The van der Waals surface area contributed by atoms with Gasteiger partial charge in [0.1, 0.15) is 0 Å². The van der Waals surface area contributed by atoms with Crippen molar-refractivity contribution in [3.8, 4) is 134 Å². The molecular formula is C87H72IrN3. The molecule has 3 aromatic heterocycles. The first-order chi connectivity index (χ1) is 43.5. The van der Waals surface area contributed by atoms with Gasteiger partial charge in [0.25, 0.3) is 0 Å². The zero-order valence-electron chi connectivity index (χ0n) is 53.2. The Morgan fingerprint density at radius 1 is 0.231 bits per heavy atom. The van der Waals surface area contributed by atoms with Crippen LogP contribution in [0.1, 0.15) is 79.0 Å². The molecule has 3 heterocycles. The van der Waals surface area contributed by atoms with Crippen LogP contribution in [0.3, 0.4) is 0 Å². The Kier molecular flexibility index (Phi) is 17.3. The third kappa shape index (κ3) is 13.0. The van der Waals surface area contributed by atoms with Crippen molar-refractivity contribution < 1.29 is 20.1 Å². The molecule has 0 spiro atoms. The van der Waals surface area contributed by atoms with Crippen LogP contribution in [0.4, 0.5) is 0 Å². The summed E-state index contributed by atoms with van der Waals surface area (Å²) < 4.78 is 0. The van der Waals surface area contributed by atoms with Crippen LogP contribution in [-0.2, 0) is 36.4 Å². The maximum atomic E-state index is 4.92. The van der Waals surface area contributed by atoms with Crippen LogP contribution >= 0.6 is 0 Å². The van der Waals surface area contributed by atoms with Crippen LogP contribution in [-0.4, -0.2) is 15.0 Å². The van der Waals surface area contributed by atoms with Crippen LogP contribution in [0.2, 0.25) is 0 Å². The van der Waals surface area contributed by atoms with E-state index in [1.54, 1.807) is 0 Å². The van der Waals surface area contributed by atoms with Crippen molar-refractivity contribution >= 4 is 0 Å². The van der Waals surface area contributed by atoms with Crippen LogP contribution in [0.25, 0.3) is 134 Å². The molecule has 3 nitrogen and oxygen atoms in total. The standard InChI is InChI=1S/C87H72N3.Ir/c1-85(2,3)67-43-46-88-82(55-67)61-37-40-76(79(52-61)58-25-13-10-14-26-58)73-34-22-19-31-70(73)64-49-65(71-32-20-23-35-74(71)77-41-38-62(53-80(77)59-27-15-11-16-28-59)83-56-68(44-47-89-83)86(4,5)6)51-66(50-64)72-33-21-24-36-75(72)78-42-39-63(54-81(78)60-29-17-12-18-30-60)84-57-69(45-48-90-84)87(7,8)9;/h10-36,40-57H,1-9H3;/q-3;+3. The van der Waals surface area contributed by atoms with Crippen LogP contribution < -0.4 is 0 Å². The molecule has 0 saturated carbocycles. The summed E-state index contributed by atoms with van der Waals surface area (Å²) in [6, 6.07) is 104. The Morgan fingerprint density at radius 2 is 0.473 bits per heavy atom. The molecule has 0 unspecified atom stereocenters. The van der Waals surface area contributed by atoms with Crippen molar-refractivity contribution in [2.75, 3.05) is 0 Å². The Bertz CT molecular complexity index is 4260. The SMILES string of the molecule is CC(C)(C)c1ccnc(-c2[c-]cc(-c3ccccc3-c3cc(-c4ccccc4-c4c[c-]c(-c5cc(C(C)(C)C)ccn5)cc4-c4ccccc4)cc(-c4ccccc4-c4c[c-]c(-c5cc(C(C)(C)C)ccn5)cc4-c4ccccc4)c3)c(-c3ccccc3)c2)c1.[Ir+3]. The molecule has 0 aliphatic rings. The number of hydrogen-bond donors (Lipinski definition) is 0. The van der Waals surface area contributed by atoms with E-state index in [1.165, 1.54) is 16.7 Å². The van der Waals surface area contributed by atoms with Gasteiger partial charge in [0, 0.05) is 18.6 Å². The average Bonchev–Trinajstić information content (AvgIpc) is 0.833. The van der Waals surface area contributed by atoms with E-state index in [0.717, 1.165) is 134 Å². The molecule has 0 bridgehead atoms. The first kappa shape index (κ1) is 61.5. The van der Waals surface area contributed by atoms with Gasteiger partial charge in [-0.15, -0.1) is 71.3 Å². The molecule has 0 atom stereocenters. The van der Waals surface area contributed by atoms with Crippen molar-refractivity contribution in [2.45, 2.75) is 78.6 Å². The monoisotopic (exact) mass is 1350 g/mol. The molecule has 0 fully saturated rings. The fourth-order valence-electron chi connectivity index (χ4n) is 12.3. The summed E-state index contributed by atoms with van der Waals surface area (Å²) in [4.78, 5) is 14.8. The van der Waals surface area contributed by atoms with Gasteiger partial charge in [0.2, 0.25) is 0 Å². The maximum absolute atomic E-state index is 4.92. The zero-order valence-corrected chi connectivity index (χ0v) is 55.6. The van der Waals surface area contributed by atoms with Gasteiger partial charge in [-0.1, -0.05) is 294 Å². The second-order valence-corrected chi connectivity index (χ2v) is 26.6. The van der Waals surface area contributed by atoms with E-state index < -0.39 is 0 Å². The minimum Gasteiger partial charge on any atom is -0.305 e. The Balaban J connectivity index is 0.00000800. The van der Waals surface area contributed by atoms with E-state index in [0.29, 0.717) is 0 Å². The Morgan fingerprint density at radius 3 is 0.725 bits per heavy atom. The molecule has 10 aromatic carbocycles. The number of benzene rings is 10. The molecule has 0 radical (unpaired) electrons. The van der Waals surface area contributed by atoms with E-state index >= 15 is 0 Å². The van der Waals surface area contributed by atoms with Crippen LogP contribution in [0, 0.1) is 18.2 Å². The molecule has 444 valence electrons. The maximum Gasteiger partial charge on any atom is 3.00 e. The Hall–Kier alpha value is -9.70. The molecule has 0 aliphatic heterocycles. The van der Waals surface area contributed by atoms with Crippen LogP contribution in [0.15, 0.2) is 273 Å². The predicted octanol–water partition coefficient (Wildman–Crippen LogP) is 23.2. The van der Waals surface area contributed by atoms with Crippen molar-refractivity contribution in [1.29, 1.82) is 0 Å². The molecule has 0 amide bonds. The molecule has 0 N–H and O–H groups in total. The molecule has 91 heavy (non-hydrogen) atoms. The van der Waals surface area contributed by atoms with Gasteiger partial charge < -0.3 is 15.0 Å². The first-order valence-corrected chi connectivity index (χ1v) is 31.2. The third-order valence-electron chi connectivity index (χ3n) is 17.3. The molecule has 4 heteroatoms. The van der Waals surface area contributed by atoms with E-state index in [1.807, 2.05) is 18.6 Å². The fraction of sp³-hybridized carbons (Fsp3) is 0.138. The second kappa shape index (κ2) is 25.7. The molecule has 0 saturated heterocycles.